The number of para-hydroxylation sites is 1. The largest absolute Gasteiger partial charge is 0.481 e. The third kappa shape index (κ3) is 3.15. The maximum absolute atomic E-state index is 11.5. The Kier molecular flexibility index (Phi) is 3.56. The van der Waals surface area contributed by atoms with E-state index in [1.54, 1.807) is 31.2 Å². The molecule has 7 nitrogen and oxygen atoms in total. The lowest BCUT2D eigenvalue weighted by Gasteiger charge is -2.07. The number of carbonyl (C=O) groups is 2. The number of nitrogens with one attached hydrogen (secondary N) is 2. The number of hydrogen-bond acceptors (Lipinski definition) is 4. The summed E-state index contributed by atoms with van der Waals surface area (Å²) in [5.74, 6) is -0.665. The van der Waals surface area contributed by atoms with Gasteiger partial charge in [-0.05, 0) is 19.1 Å². The van der Waals surface area contributed by atoms with Crippen LogP contribution in [0.1, 0.15) is 12.2 Å². The number of aromatic amines is 1. The van der Waals surface area contributed by atoms with Crippen molar-refractivity contribution in [1.29, 1.82) is 0 Å². The molecular weight excluding hydrogens is 248 g/mol. The lowest BCUT2D eigenvalue weighted by Crippen LogP contribution is -2.16. The van der Waals surface area contributed by atoms with Gasteiger partial charge in [-0.3, -0.25) is 14.7 Å². The van der Waals surface area contributed by atoms with Gasteiger partial charge in [0.05, 0.1) is 5.69 Å². The number of aliphatic carboxylic acids is 1. The zero-order chi connectivity index (χ0) is 13.8. The fourth-order valence-corrected chi connectivity index (χ4v) is 1.58. The lowest BCUT2D eigenvalue weighted by atomic mass is 10.1. The van der Waals surface area contributed by atoms with Crippen LogP contribution in [0.4, 0.5) is 5.69 Å². The number of rotatable bonds is 4. The zero-order valence-electron chi connectivity index (χ0n) is 10.2. The smallest absolute Gasteiger partial charge is 0.312 e. The molecule has 0 aliphatic heterocycles. The Bertz CT molecular complexity index is 621. The summed E-state index contributed by atoms with van der Waals surface area (Å²) in [4.78, 5) is 26.1. The maximum Gasteiger partial charge on any atom is 0.312 e. The molecule has 7 heteroatoms. The number of carboxylic acid groups (broad SMARTS) is 1. The number of carboxylic acids is 1. The van der Waals surface area contributed by atoms with Crippen LogP contribution in [-0.2, 0) is 9.59 Å². The van der Waals surface area contributed by atoms with E-state index in [2.05, 4.69) is 20.5 Å². The number of hydrogen-bond donors (Lipinski definition) is 3. The fraction of sp³-hybridized carbons (Fsp3) is 0.167. The second-order valence-electron chi connectivity index (χ2n) is 3.91. The first-order chi connectivity index (χ1) is 9.06. The van der Waals surface area contributed by atoms with Gasteiger partial charge in [0.2, 0.25) is 5.91 Å². The molecule has 1 heterocycles. The molecule has 1 amide bonds. The molecule has 98 valence electrons. The summed E-state index contributed by atoms with van der Waals surface area (Å²) in [7, 11) is 0. The predicted octanol–water partition coefficient (Wildman–Crippen LogP) is 1.19. The number of aryl methyl sites for hydroxylation is 1. The van der Waals surface area contributed by atoms with Crippen molar-refractivity contribution in [2.75, 3.05) is 5.32 Å². The van der Waals surface area contributed by atoms with E-state index in [9.17, 15) is 9.59 Å². The monoisotopic (exact) mass is 260 g/mol. The number of amides is 1. The van der Waals surface area contributed by atoms with Gasteiger partial charge < -0.3 is 10.4 Å². The Labute approximate surface area is 108 Å². The van der Waals surface area contributed by atoms with E-state index in [4.69, 9.17) is 5.11 Å². The summed E-state index contributed by atoms with van der Waals surface area (Å²) >= 11 is 0. The Morgan fingerprint density at radius 1 is 1.37 bits per heavy atom. The van der Waals surface area contributed by atoms with Crippen molar-refractivity contribution in [1.82, 2.24) is 15.2 Å². The highest BCUT2D eigenvalue weighted by Gasteiger charge is 2.13. The summed E-state index contributed by atoms with van der Waals surface area (Å²) in [6.45, 7) is 1.77. The van der Waals surface area contributed by atoms with Crippen molar-refractivity contribution in [2.45, 2.75) is 13.3 Å². The van der Waals surface area contributed by atoms with Crippen LogP contribution in [0.2, 0.25) is 0 Å². The molecule has 0 radical (unpaired) electrons. The Balaban J connectivity index is 2.26. The van der Waals surface area contributed by atoms with Gasteiger partial charge in [0.15, 0.2) is 5.82 Å². The third-order valence-electron chi connectivity index (χ3n) is 2.35. The van der Waals surface area contributed by atoms with Crippen molar-refractivity contribution in [3.63, 3.8) is 0 Å². The zero-order valence-corrected chi connectivity index (χ0v) is 10.2. The van der Waals surface area contributed by atoms with Crippen molar-refractivity contribution in [3.8, 4) is 11.4 Å². The normalized spacial score (nSPS) is 10.2. The second-order valence-corrected chi connectivity index (χ2v) is 3.91. The van der Waals surface area contributed by atoms with E-state index >= 15 is 0 Å². The van der Waals surface area contributed by atoms with Gasteiger partial charge in [-0.25, -0.2) is 4.98 Å². The molecule has 0 saturated carbocycles. The van der Waals surface area contributed by atoms with Gasteiger partial charge in [-0.2, -0.15) is 5.10 Å². The SMILES string of the molecule is Cc1nc(-c2ccccc2NC(=O)CC(=O)O)n[nH]1. The Morgan fingerprint density at radius 2 is 2.11 bits per heavy atom. The fourth-order valence-electron chi connectivity index (χ4n) is 1.58. The number of anilines is 1. The van der Waals surface area contributed by atoms with Crippen LogP contribution in [-0.4, -0.2) is 32.2 Å². The van der Waals surface area contributed by atoms with Crippen molar-refractivity contribution < 1.29 is 14.7 Å². The van der Waals surface area contributed by atoms with Crippen molar-refractivity contribution in [2.24, 2.45) is 0 Å². The second kappa shape index (κ2) is 5.30. The summed E-state index contributed by atoms with van der Waals surface area (Å²) < 4.78 is 0. The molecule has 1 aromatic heterocycles. The predicted molar refractivity (Wildman–Crippen MR) is 67.4 cm³/mol. The summed E-state index contributed by atoms with van der Waals surface area (Å²) in [5.41, 5.74) is 1.11. The maximum atomic E-state index is 11.5. The van der Waals surface area contributed by atoms with E-state index in [0.29, 0.717) is 22.9 Å². The van der Waals surface area contributed by atoms with Crippen LogP contribution in [0, 0.1) is 6.92 Å². The minimum Gasteiger partial charge on any atom is -0.481 e. The number of H-pyrrole nitrogens is 1. The first kappa shape index (κ1) is 12.7. The quantitative estimate of drug-likeness (QED) is 0.716. The Morgan fingerprint density at radius 3 is 2.74 bits per heavy atom. The lowest BCUT2D eigenvalue weighted by molar-refractivity contribution is -0.139. The average molecular weight is 260 g/mol. The van der Waals surface area contributed by atoms with E-state index < -0.39 is 18.3 Å². The average Bonchev–Trinajstić information content (AvgIpc) is 2.75. The molecule has 1 aromatic carbocycles. The number of aromatic nitrogens is 3. The molecule has 0 fully saturated rings. The van der Waals surface area contributed by atoms with Crippen molar-refractivity contribution in [3.05, 3.63) is 30.1 Å². The highest BCUT2D eigenvalue weighted by atomic mass is 16.4. The van der Waals surface area contributed by atoms with Gasteiger partial charge in [0.25, 0.3) is 0 Å². The van der Waals surface area contributed by atoms with E-state index in [-0.39, 0.29) is 0 Å². The number of nitrogens with zero attached hydrogens (tertiary/aromatic N) is 2. The van der Waals surface area contributed by atoms with Gasteiger partial charge in [0, 0.05) is 5.56 Å². The molecule has 0 saturated heterocycles. The van der Waals surface area contributed by atoms with Crippen LogP contribution in [0.25, 0.3) is 11.4 Å². The van der Waals surface area contributed by atoms with E-state index in [0.717, 1.165) is 0 Å². The molecule has 0 bridgehead atoms. The van der Waals surface area contributed by atoms with Gasteiger partial charge in [0.1, 0.15) is 12.2 Å². The highest BCUT2D eigenvalue weighted by Crippen LogP contribution is 2.24. The Hall–Kier alpha value is -2.70. The summed E-state index contributed by atoms with van der Waals surface area (Å²) in [6, 6.07) is 6.94. The molecule has 0 atom stereocenters. The van der Waals surface area contributed by atoms with Crippen molar-refractivity contribution >= 4 is 17.6 Å². The molecule has 2 aromatic rings. The molecule has 2 rings (SSSR count). The summed E-state index contributed by atoms with van der Waals surface area (Å²) in [5, 5.41) is 17.8. The molecular formula is C12H12N4O3. The topological polar surface area (TPSA) is 108 Å². The van der Waals surface area contributed by atoms with Gasteiger partial charge >= 0.3 is 5.97 Å². The van der Waals surface area contributed by atoms with E-state index in [1.165, 1.54) is 0 Å². The number of benzene rings is 1. The minimum absolute atomic E-state index is 0.448. The van der Waals surface area contributed by atoms with E-state index in [1.807, 2.05) is 0 Å². The summed E-state index contributed by atoms with van der Waals surface area (Å²) in [6.07, 6.45) is -0.582. The van der Waals surface area contributed by atoms with Crippen LogP contribution in [0.3, 0.4) is 0 Å². The minimum atomic E-state index is -1.18. The first-order valence-electron chi connectivity index (χ1n) is 5.56. The molecule has 0 unspecified atom stereocenters. The molecule has 19 heavy (non-hydrogen) atoms. The molecule has 0 aliphatic rings. The van der Waals surface area contributed by atoms with Crippen LogP contribution in [0.15, 0.2) is 24.3 Å². The van der Waals surface area contributed by atoms with Crippen LogP contribution < -0.4 is 5.32 Å². The standard InChI is InChI=1S/C12H12N4O3/c1-7-13-12(16-15-7)8-4-2-3-5-9(8)14-10(17)6-11(18)19/h2-5H,6H2,1H3,(H,14,17)(H,18,19)(H,13,15,16). The molecule has 3 N–H and O–H groups in total. The van der Waals surface area contributed by atoms with Gasteiger partial charge in [-0.15, -0.1) is 0 Å². The highest BCUT2D eigenvalue weighted by molar-refractivity contribution is 6.03. The van der Waals surface area contributed by atoms with Crippen LogP contribution in [0.5, 0.6) is 0 Å². The van der Waals surface area contributed by atoms with Crippen LogP contribution >= 0.6 is 0 Å². The molecule has 0 spiro atoms. The molecule has 0 aliphatic carbocycles. The number of carbonyl (C=O) groups excluding carboxylic acids is 1. The van der Waals surface area contributed by atoms with Gasteiger partial charge in [-0.1, -0.05) is 12.1 Å². The first-order valence-corrected chi connectivity index (χ1v) is 5.56. The third-order valence-corrected chi connectivity index (χ3v) is 2.35.